The van der Waals surface area contributed by atoms with Crippen LogP contribution in [0.2, 0.25) is 0 Å². The zero-order chi connectivity index (χ0) is 26.4. The number of carbonyl (C=O) groups is 7. The number of carboxylic acids is 2. The van der Waals surface area contributed by atoms with Crippen LogP contribution in [0, 0.1) is 0 Å². The molecule has 4 atom stereocenters. The highest BCUT2D eigenvalue weighted by Crippen LogP contribution is 2.04. The van der Waals surface area contributed by atoms with Crippen molar-refractivity contribution in [3.05, 3.63) is 0 Å². The molecule has 16 heteroatoms. The largest absolute Gasteiger partial charge is 0.481 e. The summed E-state index contributed by atoms with van der Waals surface area (Å²) in [7, 11) is 0. The molecule has 0 saturated heterocycles. The first kappa shape index (κ1) is 30.6. The third-order valence-electron chi connectivity index (χ3n) is 4.43. The molecule has 0 aliphatic heterocycles. The van der Waals surface area contributed by atoms with E-state index in [2.05, 4.69) is 28.6 Å². The number of nitrogens with one attached hydrogen (secondary N) is 3. The monoisotopic (exact) mass is 506 g/mol. The number of hydrogen-bond donors (Lipinski definition) is 9. The summed E-state index contributed by atoms with van der Waals surface area (Å²) in [6, 6.07) is -5.45. The smallest absolute Gasteiger partial charge is 0.326 e. The van der Waals surface area contributed by atoms with Crippen LogP contribution in [-0.4, -0.2) is 81.6 Å². The molecule has 0 aromatic carbocycles. The molecule has 0 saturated carbocycles. The third kappa shape index (κ3) is 12.6. The van der Waals surface area contributed by atoms with Crippen molar-refractivity contribution in [2.24, 2.45) is 17.2 Å². The summed E-state index contributed by atoms with van der Waals surface area (Å²) in [5.41, 5.74) is 15.6. The predicted molar refractivity (Wildman–Crippen MR) is 119 cm³/mol. The number of aliphatic carboxylic acids is 2. The van der Waals surface area contributed by atoms with Gasteiger partial charge in [-0.15, -0.1) is 0 Å². The Morgan fingerprint density at radius 3 is 1.59 bits per heavy atom. The minimum atomic E-state index is -1.47. The molecule has 0 aromatic heterocycles. The van der Waals surface area contributed by atoms with Gasteiger partial charge >= 0.3 is 11.9 Å². The maximum absolute atomic E-state index is 12.7. The van der Waals surface area contributed by atoms with Gasteiger partial charge in [0.2, 0.25) is 29.5 Å². The van der Waals surface area contributed by atoms with Crippen LogP contribution in [0.5, 0.6) is 0 Å². The standard InChI is InChI=1S/C18H30N6O9S/c19-8(1-4-12(20)25)15(29)22-9(3-6-14(27)28)16(30)24-11(7-34)17(31)23-10(18(32)33)2-5-13(21)26/h8-11,34H,1-7,19H2,(H2,20,25)(H2,21,26)(H,22,29)(H,23,31)(H,24,30)(H,27,28)(H,32,33). The third-order valence-corrected chi connectivity index (χ3v) is 4.79. The summed E-state index contributed by atoms with van der Waals surface area (Å²) in [5, 5.41) is 24.8. The fourth-order valence-electron chi connectivity index (χ4n) is 2.53. The van der Waals surface area contributed by atoms with Gasteiger partial charge in [-0.3, -0.25) is 28.8 Å². The Morgan fingerprint density at radius 2 is 1.12 bits per heavy atom. The number of carbonyl (C=O) groups excluding carboxylic acids is 5. The molecule has 0 heterocycles. The Kier molecular flexibility index (Phi) is 13.9. The van der Waals surface area contributed by atoms with Gasteiger partial charge in [-0.05, 0) is 19.3 Å². The zero-order valence-corrected chi connectivity index (χ0v) is 19.1. The predicted octanol–water partition coefficient (Wildman–Crippen LogP) is -3.82. The molecule has 0 bridgehead atoms. The lowest BCUT2D eigenvalue weighted by Gasteiger charge is -2.24. The average molecular weight is 507 g/mol. The van der Waals surface area contributed by atoms with Crippen molar-refractivity contribution in [2.45, 2.75) is 62.7 Å². The highest BCUT2D eigenvalue weighted by Gasteiger charge is 2.30. The Balaban J connectivity index is 5.29. The number of thiol groups is 1. The van der Waals surface area contributed by atoms with Gasteiger partial charge in [-0.2, -0.15) is 12.6 Å². The molecule has 0 aliphatic rings. The van der Waals surface area contributed by atoms with E-state index in [0.717, 1.165) is 0 Å². The van der Waals surface area contributed by atoms with E-state index >= 15 is 0 Å². The van der Waals surface area contributed by atoms with Gasteiger partial charge in [-0.25, -0.2) is 4.79 Å². The first-order valence-corrected chi connectivity index (χ1v) is 10.7. The summed E-state index contributed by atoms with van der Waals surface area (Å²) in [5.74, 6) is -7.18. The van der Waals surface area contributed by atoms with Gasteiger partial charge in [0, 0.05) is 25.0 Å². The quantitative estimate of drug-likeness (QED) is 0.0867. The van der Waals surface area contributed by atoms with Crippen LogP contribution in [0.15, 0.2) is 0 Å². The minimum Gasteiger partial charge on any atom is -0.481 e. The van der Waals surface area contributed by atoms with Crippen molar-refractivity contribution in [3.63, 3.8) is 0 Å². The Labute approximate surface area is 199 Å². The number of nitrogens with two attached hydrogens (primary N) is 3. The molecule has 0 rings (SSSR count). The van der Waals surface area contributed by atoms with Crippen LogP contribution in [0.4, 0.5) is 0 Å². The lowest BCUT2D eigenvalue weighted by Crippen LogP contribution is -2.57. The molecule has 11 N–H and O–H groups in total. The zero-order valence-electron chi connectivity index (χ0n) is 18.2. The van der Waals surface area contributed by atoms with Crippen LogP contribution in [0.1, 0.15) is 38.5 Å². The van der Waals surface area contributed by atoms with Crippen LogP contribution >= 0.6 is 12.6 Å². The average Bonchev–Trinajstić information content (AvgIpc) is 2.74. The fourth-order valence-corrected chi connectivity index (χ4v) is 2.78. The maximum atomic E-state index is 12.7. The second-order valence-electron chi connectivity index (χ2n) is 7.25. The van der Waals surface area contributed by atoms with E-state index in [1.807, 2.05) is 0 Å². The Morgan fingerprint density at radius 1 is 0.676 bits per heavy atom. The molecule has 192 valence electrons. The summed E-state index contributed by atoms with van der Waals surface area (Å²) in [6.45, 7) is 0. The van der Waals surface area contributed by atoms with Gasteiger partial charge in [-0.1, -0.05) is 0 Å². The normalized spacial score (nSPS) is 14.1. The maximum Gasteiger partial charge on any atom is 0.326 e. The van der Waals surface area contributed by atoms with Gasteiger partial charge in [0.15, 0.2) is 0 Å². The minimum absolute atomic E-state index is 0.113. The van der Waals surface area contributed by atoms with Gasteiger partial charge in [0.25, 0.3) is 0 Å². The summed E-state index contributed by atoms with van der Waals surface area (Å²) in [6.07, 6.45) is -1.77. The number of carboxylic acid groups (broad SMARTS) is 2. The van der Waals surface area contributed by atoms with Crippen molar-refractivity contribution < 1.29 is 43.8 Å². The van der Waals surface area contributed by atoms with Gasteiger partial charge in [0.1, 0.15) is 18.1 Å². The molecule has 15 nitrogen and oxygen atoms in total. The molecular weight excluding hydrogens is 476 g/mol. The van der Waals surface area contributed by atoms with Crippen LogP contribution < -0.4 is 33.2 Å². The highest BCUT2D eigenvalue weighted by atomic mass is 32.1. The highest BCUT2D eigenvalue weighted by molar-refractivity contribution is 7.80. The molecule has 0 spiro atoms. The van der Waals surface area contributed by atoms with E-state index in [1.54, 1.807) is 0 Å². The van der Waals surface area contributed by atoms with Crippen molar-refractivity contribution in [2.75, 3.05) is 5.75 Å². The lowest BCUT2D eigenvalue weighted by atomic mass is 10.1. The molecule has 34 heavy (non-hydrogen) atoms. The summed E-state index contributed by atoms with van der Waals surface area (Å²) >= 11 is 3.95. The molecule has 0 fully saturated rings. The summed E-state index contributed by atoms with van der Waals surface area (Å²) in [4.78, 5) is 81.3. The Hall–Kier alpha value is -3.40. The van der Waals surface area contributed by atoms with Gasteiger partial charge < -0.3 is 43.4 Å². The number of amides is 5. The lowest BCUT2D eigenvalue weighted by molar-refractivity contribution is -0.142. The van der Waals surface area contributed by atoms with E-state index in [4.69, 9.17) is 22.3 Å². The number of hydrogen-bond acceptors (Lipinski definition) is 9. The van der Waals surface area contributed by atoms with E-state index in [9.17, 15) is 38.7 Å². The van der Waals surface area contributed by atoms with Crippen molar-refractivity contribution in [3.8, 4) is 0 Å². The topological polar surface area (TPSA) is 274 Å². The molecule has 4 unspecified atom stereocenters. The van der Waals surface area contributed by atoms with Gasteiger partial charge in [0.05, 0.1) is 6.04 Å². The molecule has 0 aliphatic carbocycles. The van der Waals surface area contributed by atoms with E-state index in [0.29, 0.717) is 0 Å². The second kappa shape index (κ2) is 15.4. The van der Waals surface area contributed by atoms with E-state index in [1.165, 1.54) is 0 Å². The van der Waals surface area contributed by atoms with Crippen LogP contribution in [0.3, 0.4) is 0 Å². The second-order valence-corrected chi connectivity index (χ2v) is 7.62. The Bertz CT molecular complexity index is 794. The van der Waals surface area contributed by atoms with E-state index in [-0.39, 0.29) is 37.9 Å². The van der Waals surface area contributed by atoms with Crippen molar-refractivity contribution >= 4 is 54.1 Å². The first-order valence-electron chi connectivity index (χ1n) is 10.1. The van der Waals surface area contributed by atoms with Crippen LogP contribution in [0.25, 0.3) is 0 Å². The molecule has 5 amide bonds. The molecule has 0 radical (unpaired) electrons. The first-order chi connectivity index (χ1) is 15.8. The fraction of sp³-hybridized carbons (Fsp3) is 0.611. The van der Waals surface area contributed by atoms with Crippen molar-refractivity contribution in [1.29, 1.82) is 0 Å². The number of rotatable bonds is 17. The molecule has 0 aromatic rings. The van der Waals surface area contributed by atoms with Crippen LogP contribution in [-0.2, 0) is 33.6 Å². The van der Waals surface area contributed by atoms with Crippen molar-refractivity contribution in [1.82, 2.24) is 16.0 Å². The summed E-state index contributed by atoms with van der Waals surface area (Å²) < 4.78 is 0. The molecular formula is C18H30N6O9S. The number of primary amides is 2. The van der Waals surface area contributed by atoms with E-state index < -0.39 is 72.1 Å². The SMILES string of the molecule is NC(=O)CCC(N)C(=O)NC(CCC(=O)O)C(=O)NC(CS)C(=O)NC(CCC(N)=O)C(=O)O.